The molecule has 0 aliphatic carbocycles. The number of imidazole rings is 1. The third-order valence-corrected chi connectivity index (χ3v) is 10.7. The van der Waals surface area contributed by atoms with E-state index in [1.165, 1.54) is 29.4 Å². The molecule has 6 N–H and O–H groups in total. The van der Waals surface area contributed by atoms with E-state index in [2.05, 4.69) is 37.2 Å². The molecule has 0 spiro atoms. The Balaban J connectivity index is 1.21. The van der Waals surface area contributed by atoms with E-state index in [9.17, 15) is 29.3 Å². The molecule has 2 bridgehead atoms. The van der Waals surface area contributed by atoms with Gasteiger partial charge in [-0.05, 0) is 17.9 Å². The maximum atomic E-state index is 13.5. The summed E-state index contributed by atoms with van der Waals surface area (Å²) in [6, 6.07) is 1.44. The van der Waals surface area contributed by atoms with Crippen LogP contribution in [0, 0.1) is 0 Å². The molecule has 4 aromatic heterocycles. The lowest BCUT2D eigenvalue weighted by atomic mass is 10.1. The molecule has 10 atom stereocenters. The molecule has 3 aliphatic heterocycles. The second-order valence-electron chi connectivity index (χ2n) is 10.4. The Morgan fingerprint density at radius 3 is 2.57 bits per heavy atom. The van der Waals surface area contributed by atoms with Crippen LogP contribution >= 0.6 is 25.8 Å². The molecular formula is C22H24N8O12P2S2. The van der Waals surface area contributed by atoms with E-state index < -0.39 is 86.9 Å². The zero-order chi connectivity index (χ0) is 32.5. The number of H-pyrrole nitrogens is 1. The van der Waals surface area contributed by atoms with Gasteiger partial charge < -0.3 is 34.8 Å². The molecular weight excluding hydrogens is 694 g/mol. The Hall–Kier alpha value is -2.69. The third-order valence-electron chi connectivity index (χ3n) is 7.52. The topological polar surface area (TPSA) is 271 Å². The number of anilines is 1. The monoisotopic (exact) mass is 718 g/mol. The lowest BCUT2D eigenvalue weighted by molar-refractivity contribution is -0.0601. The minimum Gasteiger partial charge on any atom is -0.387 e. The summed E-state index contributed by atoms with van der Waals surface area (Å²) in [5, 5.41) is 22.6. The highest BCUT2D eigenvalue weighted by molar-refractivity contribution is 8.44. The number of aromatic nitrogens is 7. The molecule has 3 fully saturated rings. The number of aliphatic hydroxyl groups is 2. The SMILES string of the molecule is Nc1nc2c(ncn2[C@@H]2O[C@@H]3COP(O)(=S)O[C@H]4[C@@H](O)[C@H](n5cnc6cnccc6c5=O)O[C@@H]4COP(=O)(S)O[C@@H]2[C@@H]3O)c(=O)[nH]1. The summed E-state index contributed by atoms with van der Waals surface area (Å²) in [5.41, 5.74) is 4.63. The predicted octanol–water partition coefficient (Wildman–Crippen LogP) is -0.905. The highest BCUT2D eigenvalue weighted by Crippen LogP contribution is 2.58. The lowest BCUT2D eigenvalue weighted by Crippen LogP contribution is -2.37. The van der Waals surface area contributed by atoms with Crippen LogP contribution in [0.25, 0.3) is 22.1 Å². The van der Waals surface area contributed by atoms with Crippen molar-refractivity contribution in [3.63, 3.8) is 0 Å². The maximum Gasteiger partial charge on any atom is 0.386 e. The number of aliphatic hydroxyl groups excluding tert-OH is 2. The van der Waals surface area contributed by atoms with Crippen molar-refractivity contribution in [3.8, 4) is 0 Å². The lowest BCUT2D eigenvalue weighted by Gasteiger charge is -2.27. The first-order chi connectivity index (χ1) is 21.8. The van der Waals surface area contributed by atoms with E-state index in [0.717, 1.165) is 10.9 Å². The van der Waals surface area contributed by atoms with Gasteiger partial charge in [-0.1, -0.05) is 12.2 Å². The zero-order valence-electron chi connectivity index (χ0n) is 22.9. The molecule has 2 unspecified atom stereocenters. The van der Waals surface area contributed by atoms with Gasteiger partial charge in [-0.25, -0.2) is 14.5 Å². The number of nitrogens with one attached hydrogen (secondary N) is 1. The number of nitrogen functional groups attached to an aromatic ring is 1. The number of hydrogen-bond donors (Lipinski definition) is 6. The number of nitrogens with two attached hydrogens (primary N) is 1. The van der Waals surface area contributed by atoms with E-state index >= 15 is 0 Å². The Bertz CT molecular complexity index is 2050. The van der Waals surface area contributed by atoms with Gasteiger partial charge in [0.15, 0.2) is 23.6 Å². The van der Waals surface area contributed by atoms with Crippen LogP contribution in [0.1, 0.15) is 12.5 Å². The van der Waals surface area contributed by atoms with Crippen molar-refractivity contribution in [2.45, 2.75) is 49.1 Å². The highest BCUT2D eigenvalue weighted by atomic mass is 32.7. The van der Waals surface area contributed by atoms with Crippen molar-refractivity contribution in [1.29, 1.82) is 0 Å². The van der Waals surface area contributed by atoms with Gasteiger partial charge >= 0.3 is 13.5 Å². The number of nitrogens with zero attached hydrogens (tertiary/aromatic N) is 6. The number of pyridine rings is 1. The summed E-state index contributed by atoms with van der Waals surface area (Å²) < 4.78 is 49.9. The van der Waals surface area contributed by atoms with E-state index in [1.807, 2.05) is 0 Å². The summed E-state index contributed by atoms with van der Waals surface area (Å²) in [6.45, 7) is -9.86. The summed E-state index contributed by atoms with van der Waals surface area (Å²) in [4.78, 5) is 55.1. The second kappa shape index (κ2) is 11.8. The molecule has 0 radical (unpaired) electrons. The zero-order valence-corrected chi connectivity index (χ0v) is 26.4. The van der Waals surface area contributed by atoms with Crippen LogP contribution in [0.4, 0.5) is 5.95 Å². The summed E-state index contributed by atoms with van der Waals surface area (Å²) in [6.07, 6.45) is -6.44. The highest BCUT2D eigenvalue weighted by Gasteiger charge is 2.53. The van der Waals surface area contributed by atoms with Crippen LogP contribution in [0.2, 0.25) is 0 Å². The molecule has 3 aliphatic rings. The predicted molar refractivity (Wildman–Crippen MR) is 161 cm³/mol. The first-order valence-corrected chi connectivity index (χ1v) is 18.6. The van der Waals surface area contributed by atoms with Gasteiger partial charge in [-0.2, -0.15) is 4.98 Å². The Morgan fingerprint density at radius 2 is 1.76 bits per heavy atom. The average Bonchev–Trinajstić information content (AvgIpc) is 3.65. The van der Waals surface area contributed by atoms with E-state index in [-0.39, 0.29) is 22.5 Å². The average molecular weight is 719 g/mol. The first-order valence-electron chi connectivity index (χ1n) is 13.3. The van der Waals surface area contributed by atoms with Gasteiger partial charge in [0.05, 0.1) is 36.6 Å². The number of hydrogen-bond acceptors (Lipinski definition) is 17. The van der Waals surface area contributed by atoms with Crippen LogP contribution in [0.3, 0.4) is 0 Å². The molecule has 0 amide bonds. The molecule has 0 saturated carbocycles. The van der Waals surface area contributed by atoms with Crippen LogP contribution in [-0.2, 0) is 43.9 Å². The normalized spacial score (nSPS) is 37.0. The summed E-state index contributed by atoms with van der Waals surface area (Å²) in [7, 11) is 0. The van der Waals surface area contributed by atoms with Crippen LogP contribution in [-0.4, -0.2) is 99.0 Å². The third kappa shape index (κ3) is 5.72. The minimum atomic E-state index is -4.41. The van der Waals surface area contributed by atoms with E-state index in [4.69, 9.17) is 45.1 Å². The van der Waals surface area contributed by atoms with Gasteiger partial charge in [0.2, 0.25) is 5.95 Å². The molecule has 20 nitrogen and oxygen atoms in total. The number of aromatic amines is 1. The quantitative estimate of drug-likeness (QED) is 0.108. The fourth-order valence-corrected chi connectivity index (χ4v) is 8.31. The summed E-state index contributed by atoms with van der Waals surface area (Å²) >= 11 is 9.25. The first kappa shape index (κ1) is 31.9. The molecule has 46 heavy (non-hydrogen) atoms. The van der Waals surface area contributed by atoms with E-state index in [1.54, 1.807) is 0 Å². The minimum absolute atomic E-state index is 0.0443. The molecule has 3 saturated heterocycles. The fourth-order valence-electron chi connectivity index (χ4n) is 5.41. The molecule has 4 aromatic rings. The van der Waals surface area contributed by atoms with Crippen molar-refractivity contribution in [2.24, 2.45) is 0 Å². The van der Waals surface area contributed by atoms with Crippen molar-refractivity contribution in [1.82, 2.24) is 34.1 Å². The van der Waals surface area contributed by atoms with Gasteiger partial charge in [0.1, 0.15) is 43.0 Å². The van der Waals surface area contributed by atoms with Gasteiger partial charge in [0, 0.05) is 6.20 Å². The number of rotatable bonds is 2. The van der Waals surface area contributed by atoms with Crippen molar-refractivity contribution >= 4 is 65.6 Å². The van der Waals surface area contributed by atoms with Gasteiger partial charge in [0.25, 0.3) is 11.1 Å². The molecule has 7 rings (SSSR count). The van der Waals surface area contributed by atoms with Crippen molar-refractivity contribution in [2.75, 3.05) is 18.9 Å². The standard InChI is InChI=1S/C22H24N8O12P2S2/c23-22-27-17-12(18(33)28-22)26-7-29(17)21-16-13(31)10(39-21)4-37-43(35,45)41-15-11(5-38-44(36,46)42-16)40-20(14(15)32)30-6-25-9-3-24-2-1-8(9)19(30)34/h1-3,6-7,10-11,13-16,20-21,31-32H,4-5H2,(H,35,45)(H,36,46)(H3,23,27,28,33)/t10-,11-,13-,14-,15-,16-,20-,21-,43?,44?/m1/s1. The second-order valence-corrected chi connectivity index (χ2v) is 16.1. The Morgan fingerprint density at radius 1 is 1.02 bits per heavy atom. The summed E-state index contributed by atoms with van der Waals surface area (Å²) in [5.74, 6) is -0.232. The van der Waals surface area contributed by atoms with Gasteiger partial charge in [-0.3, -0.25) is 42.3 Å². The molecule has 0 aromatic carbocycles. The van der Waals surface area contributed by atoms with Crippen LogP contribution < -0.4 is 16.9 Å². The smallest absolute Gasteiger partial charge is 0.386 e. The molecule has 7 heterocycles. The maximum absolute atomic E-state index is 13.5. The molecule has 24 heteroatoms. The Kier molecular flexibility index (Phi) is 8.16. The number of ether oxygens (including phenoxy) is 2. The molecule has 246 valence electrons. The van der Waals surface area contributed by atoms with Crippen LogP contribution in [0.5, 0.6) is 0 Å². The van der Waals surface area contributed by atoms with Crippen molar-refractivity contribution < 1.29 is 47.2 Å². The number of thiol groups is 1. The Labute approximate surface area is 266 Å². The van der Waals surface area contributed by atoms with Gasteiger partial charge in [-0.15, -0.1) is 0 Å². The van der Waals surface area contributed by atoms with E-state index in [0.29, 0.717) is 5.52 Å². The van der Waals surface area contributed by atoms with Crippen molar-refractivity contribution in [3.05, 3.63) is 51.8 Å². The van der Waals surface area contributed by atoms with Crippen LogP contribution in [0.15, 0.2) is 40.7 Å². The fraction of sp³-hybridized carbons (Fsp3) is 0.455. The number of fused-ring (bicyclic) bond motifs is 5. The largest absolute Gasteiger partial charge is 0.387 e.